The van der Waals surface area contributed by atoms with Gasteiger partial charge in [-0.2, -0.15) is 0 Å². The number of likely N-dealkylation sites (tertiary alicyclic amines) is 1. The van der Waals surface area contributed by atoms with E-state index in [0.717, 1.165) is 5.57 Å². The highest BCUT2D eigenvalue weighted by Gasteiger charge is 2.90. The molecule has 0 aromatic rings. The average molecular weight is 542 g/mol. The van der Waals surface area contributed by atoms with E-state index < -0.39 is 64.1 Å². The summed E-state index contributed by atoms with van der Waals surface area (Å²) < 4.78 is 12.6. The van der Waals surface area contributed by atoms with Gasteiger partial charge in [-0.3, -0.25) is 0 Å². The van der Waals surface area contributed by atoms with Gasteiger partial charge >= 0.3 is 11.9 Å². The first kappa shape index (κ1) is 27.2. The summed E-state index contributed by atoms with van der Waals surface area (Å²) in [6.07, 6.45) is 1.73. The topological polar surface area (TPSA) is 117 Å². The van der Waals surface area contributed by atoms with Crippen molar-refractivity contribution in [1.29, 1.82) is 0 Å². The fraction of sp³-hybridized carbons (Fsp3) is 0.742. The normalized spacial score (nSPS) is 52.1. The van der Waals surface area contributed by atoms with E-state index in [1.807, 2.05) is 6.92 Å². The molecule has 6 fully saturated rings. The Balaban J connectivity index is 1.61. The molecule has 8 nitrogen and oxygen atoms in total. The van der Waals surface area contributed by atoms with Gasteiger partial charge in [0, 0.05) is 46.4 Å². The van der Waals surface area contributed by atoms with Crippen LogP contribution in [0.2, 0.25) is 0 Å². The third-order valence-electron chi connectivity index (χ3n) is 12.1. The predicted molar refractivity (Wildman–Crippen MR) is 143 cm³/mol. The molecule has 1 aliphatic heterocycles. The molecule has 0 radical (unpaired) electrons. The summed E-state index contributed by atoms with van der Waals surface area (Å²) >= 11 is 0. The molecule has 39 heavy (non-hydrogen) atoms. The molecule has 6 rings (SSSR count). The van der Waals surface area contributed by atoms with Gasteiger partial charge in [0.25, 0.3) is 0 Å². The van der Waals surface area contributed by atoms with Gasteiger partial charge in [-0.05, 0) is 71.8 Å². The van der Waals surface area contributed by atoms with Crippen LogP contribution in [0, 0.1) is 34.0 Å². The van der Waals surface area contributed by atoms with Crippen LogP contribution in [-0.4, -0.2) is 81.8 Å². The van der Waals surface area contributed by atoms with Crippen molar-refractivity contribution in [2.75, 3.05) is 13.6 Å². The first-order valence-electron chi connectivity index (χ1n) is 14.4. The molecular formula is C31H43NO7. The maximum Gasteiger partial charge on any atom is 0.333 e. The molecule has 12 atom stereocenters. The highest BCUT2D eigenvalue weighted by Crippen LogP contribution is 2.84. The van der Waals surface area contributed by atoms with E-state index >= 15 is 0 Å². The Morgan fingerprint density at radius 2 is 1.62 bits per heavy atom. The number of aliphatic hydroxyl groups is 3. The summed E-state index contributed by atoms with van der Waals surface area (Å²) in [6, 6.07) is -0.201. The van der Waals surface area contributed by atoms with Crippen LogP contribution in [0.5, 0.6) is 0 Å². The van der Waals surface area contributed by atoms with E-state index in [2.05, 4.69) is 18.5 Å². The van der Waals surface area contributed by atoms with Crippen LogP contribution in [0.3, 0.4) is 0 Å². The van der Waals surface area contributed by atoms with Gasteiger partial charge < -0.3 is 29.7 Å². The van der Waals surface area contributed by atoms with Crippen molar-refractivity contribution in [1.82, 2.24) is 4.90 Å². The van der Waals surface area contributed by atoms with E-state index in [0.29, 0.717) is 43.4 Å². The lowest BCUT2D eigenvalue weighted by atomic mass is 9.38. The Morgan fingerprint density at radius 1 is 1.03 bits per heavy atom. The van der Waals surface area contributed by atoms with Gasteiger partial charge in [0.1, 0.15) is 17.8 Å². The van der Waals surface area contributed by atoms with Crippen LogP contribution in [-0.2, 0) is 19.1 Å². The first-order valence-corrected chi connectivity index (χ1v) is 14.4. The summed E-state index contributed by atoms with van der Waals surface area (Å²) in [6.45, 7) is 13.9. The number of rotatable bonds is 4. The number of hydrogen-bond donors (Lipinski definition) is 3. The summed E-state index contributed by atoms with van der Waals surface area (Å²) in [7, 11) is 2.07. The highest BCUT2D eigenvalue weighted by atomic mass is 16.6. The van der Waals surface area contributed by atoms with E-state index in [1.54, 1.807) is 39.8 Å². The second-order valence-electron chi connectivity index (χ2n) is 13.8. The number of nitrogens with zero attached hydrogens (tertiary/aromatic N) is 1. The predicted octanol–water partition coefficient (Wildman–Crippen LogP) is 2.52. The minimum absolute atomic E-state index is 0.0694. The van der Waals surface area contributed by atoms with Gasteiger partial charge in [0.2, 0.25) is 0 Å². The largest absolute Gasteiger partial charge is 0.455 e. The second-order valence-corrected chi connectivity index (χ2v) is 13.8. The molecule has 1 unspecified atom stereocenters. The molecule has 0 aromatic carbocycles. The van der Waals surface area contributed by atoms with Crippen molar-refractivity contribution in [3.63, 3.8) is 0 Å². The van der Waals surface area contributed by atoms with Crippen molar-refractivity contribution >= 4 is 11.9 Å². The Morgan fingerprint density at radius 3 is 2.21 bits per heavy atom. The van der Waals surface area contributed by atoms with Gasteiger partial charge in [-0.1, -0.05) is 31.2 Å². The van der Waals surface area contributed by atoms with Crippen LogP contribution < -0.4 is 0 Å². The van der Waals surface area contributed by atoms with Gasteiger partial charge in [0.05, 0.1) is 12.2 Å². The molecule has 5 aliphatic carbocycles. The van der Waals surface area contributed by atoms with E-state index in [-0.39, 0.29) is 17.9 Å². The number of piperidine rings is 1. The van der Waals surface area contributed by atoms with E-state index in [9.17, 15) is 24.9 Å². The van der Waals surface area contributed by atoms with E-state index in [4.69, 9.17) is 9.47 Å². The van der Waals surface area contributed by atoms with Crippen LogP contribution in [0.15, 0.2) is 35.5 Å². The monoisotopic (exact) mass is 541 g/mol. The minimum atomic E-state index is -1.50. The number of hydrogen-bond acceptors (Lipinski definition) is 8. The molecule has 1 heterocycles. The molecule has 6 bridgehead atoms. The van der Waals surface area contributed by atoms with Crippen molar-refractivity contribution in [2.45, 2.75) is 96.4 Å². The lowest BCUT2D eigenvalue weighted by Crippen LogP contribution is -2.82. The Hall–Kier alpha value is -2.00. The smallest absolute Gasteiger partial charge is 0.333 e. The zero-order valence-electron chi connectivity index (χ0n) is 23.9. The maximum atomic E-state index is 13.4. The third-order valence-corrected chi connectivity index (χ3v) is 12.1. The first-order chi connectivity index (χ1) is 18.2. The highest BCUT2D eigenvalue weighted by molar-refractivity contribution is 5.89. The van der Waals surface area contributed by atoms with Crippen molar-refractivity contribution < 1.29 is 34.4 Å². The van der Waals surface area contributed by atoms with Gasteiger partial charge in [0.15, 0.2) is 0 Å². The zero-order valence-corrected chi connectivity index (χ0v) is 23.9. The summed E-state index contributed by atoms with van der Waals surface area (Å²) in [5.41, 5.74) is -1.88. The summed E-state index contributed by atoms with van der Waals surface area (Å²) in [5.74, 6) is -1.76. The standard InChI is InChI=1S/C31H43NO7/c1-8-15(3)26(35)38-22-20-17(5)10-29-13-19(34)31(37)28(6)11-18(33)12-30(31,25(21(20)29)32(7)14-28)24(29)23(22)39-27(36)16(4)9-2/h8-9,18-25,33-34,37H,5,10-14H2,1-4,6-7H3/b15-8+,16-9+/t18-,19-,20-,21+,22+,23+,24+,25?,28-,29-,30-,31-/m0/s1. The van der Waals surface area contributed by atoms with Crippen LogP contribution in [0.4, 0.5) is 0 Å². The Kier molecular flexibility index (Phi) is 5.77. The van der Waals surface area contributed by atoms with Crippen molar-refractivity contribution in [3.05, 3.63) is 35.5 Å². The van der Waals surface area contributed by atoms with Crippen LogP contribution >= 0.6 is 0 Å². The number of allylic oxidation sites excluding steroid dienone is 2. The molecule has 2 spiro atoms. The molecule has 5 saturated carbocycles. The Bertz CT molecular complexity index is 1210. The van der Waals surface area contributed by atoms with Gasteiger partial charge in [-0.25, -0.2) is 9.59 Å². The molecule has 214 valence electrons. The average Bonchev–Trinajstić information content (AvgIpc) is 3.14. The van der Waals surface area contributed by atoms with Crippen LogP contribution in [0.1, 0.15) is 60.3 Å². The third kappa shape index (κ3) is 2.94. The minimum Gasteiger partial charge on any atom is -0.455 e. The fourth-order valence-corrected chi connectivity index (χ4v) is 11.1. The molecule has 8 heteroatoms. The molecule has 0 aromatic heterocycles. The zero-order chi connectivity index (χ0) is 28.4. The second kappa shape index (κ2) is 8.28. The molecule has 6 aliphatic rings. The maximum absolute atomic E-state index is 13.4. The lowest BCUT2D eigenvalue weighted by molar-refractivity contribution is -0.342. The Labute approximate surface area is 230 Å². The van der Waals surface area contributed by atoms with E-state index in [1.165, 1.54) is 0 Å². The van der Waals surface area contributed by atoms with Crippen LogP contribution in [0.25, 0.3) is 0 Å². The molecular weight excluding hydrogens is 498 g/mol. The van der Waals surface area contributed by atoms with Crippen molar-refractivity contribution in [3.8, 4) is 0 Å². The molecule has 0 amide bonds. The summed E-state index contributed by atoms with van der Waals surface area (Å²) in [5, 5.41) is 36.1. The molecule has 1 saturated heterocycles. The number of ether oxygens (including phenoxy) is 2. The van der Waals surface area contributed by atoms with Crippen molar-refractivity contribution in [2.24, 2.45) is 34.0 Å². The lowest BCUT2D eigenvalue weighted by Gasteiger charge is -2.72. The number of aliphatic hydroxyl groups excluding tert-OH is 2. The summed E-state index contributed by atoms with van der Waals surface area (Å²) in [4.78, 5) is 28.9. The number of carbonyl (C=O) groups excluding carboxylic acids is 2. The van der Waals surface area contributed by atoms with Gasteiger partial charge in [-0.15, -0.1) is 0 Å². The number of carbonyl (C=O) groups is 2. The number of esters is 2. The SMILES string of the molecule is C=C1C[C@]23C[C@H](O)[C@]4(O)[C@@]5(C)C[C@H](O)C[C@]46C([C@H]2[C@H]1[C@@H](OC(=O)/C(C)=C/C)[C@@H](OC(=O)/C(C)=C/C)[C@H]36)N(C)C5. The quantitative estimate of drug-likeness (QED) is 0.283. The molecule has 3 N–H and O–H groups in total. The fourth-order valence-electron chi connectivity index (χ4n) is 11.1.